The Hall–Kier alpha value is -1.78. The van der Waals surface area contributed by atoms with Crippen molar-refractivity contribution in [1.82, 2.24) is 5.32 Å². The lowest BCUT2D eigenvalue weighted by molar-refractivity contribution is -0.149. The van der Waals surface area contributed by atoms with Gasteiger partial charge < -0.3 is 14.8 Å². The molecular formula is C11H17NO4. The van der Waals surface area contributed by atoms with Crippen molar-refractivity contribution in [2.24, 2.45) is 5.41 Å². The third kappa shape index (κ3) is 3.12. The van der Waals surface area contributed by atoms with Gasteiger partial charge in [0, 0.05) is 5.70 Å². The first-order valence-corrected chi connectivity index (χ1v) is 4.59. The van der Waals surface area contributed by atoms with Crippen LogP contribution in [0.15, 0.2) is 24.6 Å². The van der Waals surface area contributed by atoms with Crippen LogP contribution < -0.4 is 5.32 Å². The van der Waals surface area contributed by atoms with Gasteiger partial charge in [-0.1, -0.05) is 13.2 Å². The number of hydrogen-bond acceptors (Lipinski definition) is 5. The summed E-state index contributed by atoms with van der Waals surface area (Å²) in [6.07, 6.45) is 0. The normalized spacial score (nSPS) is 10.2. The van der Waals surface area contributed by atoms with E-state index >= 15 is 0 Å². The second kappa shape index (κ2) is 5.34. The zero-order valence-corrected chi connectivity index (χ0v) is 10.0. The van der Waals surface area contributed by atoms with E-state index in [0.717, 1.165) is 0 Å². The second-order valence-electron chi connectivity index (χ2n) is 3.69. The molecule has 0 rings (SSSR count). The molecule has 0 aliphatic carbocycles. The molecule has 0 saturated heterocycles. The van der Waals surface area contributed by atoms with E-state index in [1.54, 1.807) is 13.8 Å². The summed E-state index contributed by atoms with van der Waals surface area (Å²) < 4.78 is 9.07. The highest BCUT2D eigenvalue weighted by Gasteiger charge is 2.32. The fraction of sp³-hybridized carbons (Fsp3) is 0.455. The molecule has 0 aliphatic rings. The van der Waals surface area contributed by atoms with Crippen molar-refractivity contribution in [2.75, 3.05) is 14.2 Å². The minimum Gasteiger partial charge on any atom is -0.468 e. The van der Waals surface area contributed by atoms with Crippen LogP contribution in [0.2, 0.25) is 0 Å². The average molecular weight is 227 g/mol. The van der Waals surface area contributed by atoms with Crippen molar-refractivity contribution in [1.29, 1.82) is 0 Å². The quantitative estimate of drug-likeness (QED) is 0.560. The molecule has 0 aliphatic heterocycles. The summed E-state index contributed by atoms with van der Waals surface area (Å²) in [5.74, 6) is -1.07. The topological polar surface area (TPSA) is 64.6 Å². The molecule has 0 spiro atoms. The van der Waals surface area contributed by atoms with E-state index in [1.807, 2.05) is 0 Å². The van der Waals surface area contributed by atoms with E-state index in [4.69, 9.17) is 0 Å². The van der Waals surface area contributed by atoms with E-state index in [-0.39, 0.29) is 5.70 Å². The van der Waals surface area contributed by atoms with Crippen molar-refractivity contribution < 1.29 is 19.1 Å². The molecule has 5 nitrogen and oxygen atoms in total. The first kappa shape index (κ1) is 14.2. The molecule has 0 heterocycles. The summed E-state index contributed by atoms with van der Waals surface area (Å²) in [4.78, 5) is 22.5. The van der Waals surface area contributed by atoms with Gasteiger partial charge in [0.05, 0.1) is 14.2 Å². The number of carbonyl (C=O) groups is 2. The lowest BCUT2D eigenvalue weighted by Crippen LogP contribution is -2.35. The van der Waals surface area contributed by atoms with Gasteiger partial charge in [0.2, 0.25) is 0 Å². The third-order valence-electron chi connectivity index (χ3n) is 2.18. The Morgan fingerprint density at radius 3 is 2.00 bits per heavy atom. The Morgan fingerprint density at radius 2 is 1.62 bits per heavy atom. The Labute approximate surface area is 95.1 Å². The fourth-order valence-electron chi connectivity index (χ4n) is 0.891. The van der Waals surface area contributed by atoms with E-state index in [0.29, 0.717) is 5.70 Å². The smallest absolute Gasteiger partial charge is 0.353 e. The molecule has 0 amide bonds. The molecule has 1 N–H and O–H groups in total. The standard InChI is InChI=1S/C11H17NO4/c1-7(9(13)15-5)12-8(2)11(3,4)10(14)16-6/h12H,1-2H2,3-6H3. The Morgan fingerprint density at radius 1 is 1.12 bits per heavy atom. The Bertz CT molecular complexity index is 331. The molecule has 90 valence electrons. The summed E-state index contributed by atoms with van der Waals surface area (Å²) in [6, 6.07) is 0. The van der Waals surface area contributed by atoms with E-state index in [9.17, 15) is 9.59 Å². The van der Waals surface area contributed by atoms with Crippen molar-refractivity contribution in [3.63, 3.8) is 0 Å². The van der Waals surface area contributed by atoms with Crippen LogP contribution in [0.4, 0.5) is 0 Å². The lowest BCUT2D eigenvalue weighted by atomic mass is 9.90. The zero-order chi connectivity index (χ0) is 12.9. The monoisotopic (exact) mass is 227 g/mol. The molecule has 5 heteroatoms. The van der Waals surface area contributed by atoms with E-state index < -0.39 is 17.4 Å². The van der Waals surface area contributed by atoms with Gasteiger partial charge in [0.15, 0.2) is 0 Å². The Kier molecular flexibility index (Phi) is 4.75. The number of esters is 2. The van der Waals surface area contributed by atoms with Crippen LogP contribution in [-0.4, -0.2) is 26.2 Å². The third-order valence-corrected chi connectivity index (χ3v) is 2.18. The highest BCUT2D eigenvalue weighted by Crippen LogP contribution is 2.25. The predicted octanol–water partition coefficient (Wildman–Crippen LogP) is 0.976. The maximum atomic E-state index is 11.4. The molecule has 0 unspecified atom stereocenters. The summed E-state index contributed by atoms with van der Waals surface area (Å²) in [6.45, 7) is 10.4. The van der Waals surface area contributed by atoms with Gasteiger partial charge in [-0.25, -0.2) is 4.79 Å². The van der Waals surface area contributed by atoms with E-state index in [2.05, 4.69) is 27.9 Å². The molecule has 0 aromatic heterocycles. The summed E-state index contributed by atoms with van der Waals surface area (Å²) in [5.41, 5.74) is -0.620. The fourth-order valence-corrected chi connectivity index (χ4v) is 0.891. The molecular weight excluding hydrogens is 210 g/mol. The molecule has 0 aromatic carbocycles. The minimum atomic E-state index is -0.953. The van der Waals surface area contributed by atoms with Crippen LogP contribution in [0.3, 0.4) is 0 Å². The molecule has 0 saturated carbocycles. The molecule has 16 heavy (non-hydrogen) atoms. The molecule has 0 aromatic rings. The van der Waals surface area contributed by atoms with Crippen molar-refractivity contribution in [3.05, 3.63) is 24.6 Å². The number of carbonyl (C=O) groups excluding carboxylic acids is 2. The highest BCUT2D eigenvalue weighted by molar-refractivity contribution is 5.88. The van der Waals surface area contributed by atoms with Crippen LogP contribution in [0.25, 0.3) is 0 Å². The van der Waals surface area contributed by atoms with Crippen molar-refractivity contribution in [2.45, 2.75) is 13.8 Å². The molecule has 0 bridgehead atoms. The number of nitrogens with one attached hydrogen (secondary N) is 1. The molecule has 0 radical (unpaired) electrons. The largest absolute Gasteiger partial charge is 0.468 e. The van der Waals surface area contributed by atoms with Gasteiger partial charge in [-0.3, -0.25) is 4.79 Å². The average Bonchev–Trinajstić information content (AvgIpc) is 2.26. The maximum absolute atomic E-state index is 11.4. The van der Waals surface area contributed by atoms with Gasteiger partial charge in [0.25, 0.3) is 0 Å². The van der Waals surface area contributed by atoms with Crippen LogP contribution >= 0.6 is 0 Å². The summed E-state index contributed by atoms with van der Waals surface area (Å²) >= 11 is 0. The minimum absolute atomic E-state index is 0.0180. The number of methoxy groups -OCH3 is 2. The van der Waals surface area contributed by atoms with Crippen LogP contribution in [0.5, 0.6) is 0 Å². The van der Waals surface area contributed by atoms with Gasteiger partial charge in [0.1, 0.15) is 11.1 Å². The zero-order valence-electron chi connectivity index (χ0n) is 10.0. The van der Waals surface area contributed by atoms with Crippen LogP contribution in [0, 0.1) is 5.41 Å². The van der Waals surface area contributed by atoms with Gasteiger partial charge in [-0.15, -0.1) is 0 Å². The first-order chi connectivity index (χ1) is 7.27. The Balaban J connectivity index is 4.65. The maximum Gasteiger partial charge on any atom is 0.353 e. The number of ether oxygens (including phenoxy) is 2. The van der Waals surface area contributed by atoms with Gasteiger partial charge >= 0.3 is 11.9 Å². The number of hydrogen-bond donors (Lipinski definition) is 1. The molecule has 0 atom stereocenters. The number of rotatable bonds is 5. The first-order valence-electron chi connectivity index (χ1n) is 4.59. The van der Waals surface area contributed by atoms with Crippen LogP contribution in [-0.2, 0) is 19.1 Å². The predicted molar refractivity (Wildman–Crippen MR) is 59.2 cm³/mol. The molecule has 0 fully saturated rings. The van der Waals surface area contributed by atoms with Crippen molar-refractivity contribution in [3.8, 4) is 0 Å². The van der Waals surface area contributed by atoms with Gasteiger partial charge in [-0.2, -0.15) is 0 Å². The lowest BCUT2D eigenvalue weighted by Gasteiger charge is -2.25. The highest BCUT2D eigenvalue weighted by atomic mass is 16.5. The SMILES string of the molecule is C=C(NC(=C)C(C)(C)C(=O)OC)C(=O)OC. The summed E-state index contributed by atoms with van der Waals surface area (Å²) in [7, 11) is 2.52. The van der Waals surface area contributed by atoms with Crippen molar-refractivity contribution >= 4 is 11.9 Å². The summed E-state index contributed by atoms with van der Waals surface area (Å²) in [5, 5.41) is 2.62. The van der Waals surface area contributed by atoms with Crippen LogP contribution in [0.1, 0.15) is 13.8 Å². The second-order valence-corrected chi connectivity index (χ2v) is 3.69. The van der Waals surface area contributed by atoms with Gasteiger partial charge in [-0.05, 0) is 13.8 Å². The van der Waals surface area contributed by atoms with E-state index in [1.165, 1.54) is 14.2 Å².